The molecule has 0 aliphatic carbocycles. The van der Waals surface area contributed by atoms with Gasteiger partial charge in [-0.05, 0) is 77.0 Å². The Balaban J connectivity index is 2.36. The Morgan fingerprint density at radius 2 is 1.08 bits per heavy atom. The fourth-order valence-corrected chi connectivity index (χ4v) is 7.62. The van der Waals surface area contributed by atoms with Gasteiger partial charge in [-0.3, -0.25) is 9.35 Å². The minimum absolute atomic E-state index is 0.0238. The van der Waals surface area contributed by atoms with Gasteiger partial charge in [0.25, 0.3) is 0 Å². The summed E-state index contributed by atoms with van der Waals surface area (Å²) in [6.45, 7) is 3.78. The molecule has 1 saturated heterocycles. The lowest BCUT2D eigenvalue weighted by Gasteiger charge is -2.41. The summed E-state index contributed by atoms with van der Waals surface area (Å²) in [5, 5.41) is 30.7. The van der Waals surface area contributed by atoms with Gasteiger partial charge in [-0.15, -0.1) is 0 Å². The lowest BCUT2D eigenvalue weighted by atomic mass is 9.99. The van der Waals surface area contributed by atoms with E-state index in [1.807, 2.05) is 0 Å². The molecule has 0 aromatic carbocycles. The van der Waals surface area contributed by atoms with Crippen LogP contribution in [0.3, 0.4) is 0 Å². The van der Waals surface area contributed by atoms with E-state index in [0.29, 0.717) is 13.0 Å². The Hall–Kier alpha value is -2.46. The van der Waals surface area contributed by atoms with Gasteiger partial charge in [-0.25, -0.2) is 4.18 Å². The largest absolute Gasteiger partial charge is 0.457 e. The van der Waals surface area contributed by atoms with E-state index < -0.39 is 59.8 Å². The summed E-state index contributed by atoms with van der Waals surface area (Å²) in [7, 11) is -5.07. The maximum atomic E-state index is 12.9. The van der Waals surface area contributed by atoms with Gasteiger partial charge >= 0.3 is 16.4 Å². The van der Waals surface area contributed by atoms with Gasteiger partial charge in [0.15, 0.2) is 6.29 Å². The molecule has 1 fully saturated rings. The van der Waals surface area contributed by atoms with E-state index >= 15 is 0 Å². The number of carbonyl (C=O) groups is 1. The Morgan fingerprint density at radius 1 is 0.609 bits per heavy atom. The molecule has 0 amide bonds. The van der Waals surface area contributed by atoms with E-state index in [4.69, 9.17) is 18.9 Å². The van der Waals surface area contributed by atoms with Crippen LogP contribution in [0.2, 0.25) is 0 Å². The first-order valence-corrected chi connectivity index (χ1v) is 26.1. The minimum Gasteiger partial charge on any atom is -0.457 e. The number of esters is 1. The van der Waals surface area contributed by atoms with Crippen molar-refractivity contribution in [3.8, 4) is 0 Å². The molecule has 4 N–H and O–H groups in total. The summed E-state index contributed by atoms with van der Waals surface area (Å²) in [5.41, 5.74) is 0. The molecule has 12 nitrogen and oxygen atoms in total. The molecule has 6 unspecified atom stereocenters. The number of hydrogen-bond donors (Lipinski definition) is 4. The lowest BCUT2D eigenvalue weighted by Crippen LogP contribution is -2.60. The third kappa shape index (κ3) is 34.8. The van der Waals surface area contributed by atoms with Crippen molar-refractivity contribution in [2.75, 3.05) is 26.4 Å². The van der Waals surface area contributed by atoms with E-state index in [1.54, 1.807) is 0 Å². The molecule has 13 heteroatoms. The molecular formula is C51H88O12S. The summed E-state index contributed by atoms with van der Waals surface area (Å²) >= 11 is 0. The van der Waals surface area contributed by atoms with Crippen LogP contribution in [0, 0.1) is 0 Å². The SMILES string of the molecule is CC/C=C\C/C=C\C/C=C\C/C=C\CCCCCCCCCCCCC(=O)OC(COCCCCCCCC/C=C\C/C=C\CCC)COC1OC(CO)C(O)C(OS(=O)(=O)O)C1O. The molecule has 0 bridgehead atoms. The van der Waals surface area contributed by atoms with E-state index in [-0.39, 0.29) is 19.6 Å². The molecule has 0 aromatic rings. The van der Waals surface area contributed by atoms with Crippen LogP contribution in [0.1, 0.15) is 181 Å². The number of carbonyl (C=O) groups excluding carboxylic acids is 1. The molecule has 6 atom stereocenters. The van der Waals surface area contributed by atoms with Crippen LogP contribution in [-0.4, -0.2) is 97.5 Å². The number of hydrogen-bond acceptors (Lipinski definition) is 11. The van der Waals surface area contributed by atoms with Crippen molar-refractivity contribution in [3.63, 3.8) is 0 Å². The van der Waals surface area contributed by atoms with Gasteiger partial charge in [0.05, 0.1) is 19.8 Å². The number of rotatable bonds is 42. The Bertz CT molecular complexity index is 1390. The van der Waals surface area contributed by atoms with Crippen molar-refractivity contribution >= 4 is 16.4 Å². The highest BCUT2D eigenvalue weighted by atomic mass is 32.3. The predicted octanol–water partition coefficient (Wildman–Crippen LogP) is 11.1. The van der Waals surface area contributed by atoms with Crippen molar-refractivity contribution in [3.05, 3.63) is 72.9 Å². The van der Waals surface area contributed by atoms with E-state index in [9.17, 15) is 33.1 Å². The highest BCUT2D eigenvalue weighted by Gasteiger charge is 2.48. The van der Waals surface area contributed by atoms with Gasteiger partial charge in [0, 0.05) is 13.0 Å². The second-order valence-electron chi connectivity index (χ2n) is 16.7. The van der Waals surface area contributed by atoms with E-state index in [1.165, 1.54) is 57.8 Å². The molecular weight excluding hydrogens is 837 g/mol. The van der Waals surface area contributed by atoms with Crippen LogP contribution in [0.4, 0.5) is 0 Å². The van der Waals surface area contributed by atoms with Crippen molar-refractivity contribution < 1.29 is 56.2 Å². The van der Waals surface area contributed by atoms with E-state index in [0.717, 1.165) is 96.3 Å². The molecule has 1 aliphatic heterocycles. The first-order valence-electron chi connectivity index (χ1n) is 24.7. The second-order valence-corrected chi connectivity index (χ2v) is 17.7. The monoisotopic (exact) mass is 925 g/mol. The van der Waals surface area contributed by atoms with Crippen molar-refractivity contribution in [1.82, 2.24) is 0 Å². The molecule has 0 saturated carbocycles. The zero-order valence-electron chi connectivity index (χ0n) is 39.6. The van der Waals surface area contributed by atoms with Gasteiger partial charge in [0.1, 0.15) is 30.5 Å². The summed E-state index contributed by atoms with van der Waals surface area (Å²) in [4.78, 5) is 12.9. The van der Waals surface area contributed by atoms with Gasteiger partial charge in [-0.2, -0.15) is 8.42 Å². The quantitative estimate of drug-likeness (QED) is 0.0197. The van der Waals surface area contributed by atoms with Gasteiger partial charge < -0.3 is 34.3 Å². The number of unbranched alkanes of at least 4 members (excludes halogenated alkanes) is 17. The van der Waals surface area contributed by atoms with Crippen LogP contribution >= 0.6 is 0 Å². The van der Waals surface area contributed by atoms with Crippen LogP contribution in [0.15, 0.2) is 72.9 Å². The molecule has 0 radical (unpaired) electrons. The van der Waals surface area contributed by atoms with Crippen LogP contribution in [0.5, 0.6) is 0 Å². The van der Waals surface area contributed by atoms with Gasteiger partial charge in [0.2, 0.25) is 0 Å². The van der Waals surface area contributed by atoms with Crippen molar-refractivity contribution in [1.29, 1.82) is 0 Å². The maximum Gasteiger partial charge on any atom is 0.397 e. The van der Waals surface area contributed by atoms with Crippen LogP contribution < -0.4 is 0 Å². The van der Waals surface area contributed by atoms with Crippen molar-refractivity contribution in [2.45, 2.75) is 218 Å². The molecule has 1 heterocycles. The summed E-state index contributed by atoms with van der Waals surface area (Å²) in [6.07, 6.45) is 45.0. The molecule has 1 aliphatic rings. The van der Waals surface area contributed by atoms with Crippen molar-refractivity contribution in [2.24, 2.45) is 0 Å². The minimum atomic E-state index is -5.07. The fourth-order valence-electron chi connectivity index (χ4n) is 7.11. The highest BCUT2D eigenvalue weighted by Crippen LogP contribution is 2.26. The smallest absolute Gasteiger partial charge is 0.397 e. The molecule has 370 valence electrons. The Morgan fingerprint density at radius 3 is 1.58 bits per heavy atom. The first-order chi connectivity index (χ1) is 31.1. The Labute approximate surface area is 388 Å². The summed E-state index contributed by atoms with van der Waals surface area (Å²) in [6, 6.07) is 0. The molecule has 64 heavy (non-hydrogen) atoms. The second kappa shape index (κ2) is 41.9. The number of aliphatic hydroxyl groups is 3. The average Bonchev–Trinajstić information content (AvgIpc) is 3.27. The number of ether oxygens (including phenoxy) is 4. The maximum absolute atomic E-state index is 12.9. The van der Waals surface area contributed by atoms with E-state index in [2.05, 4.69) is 90.9 Å². The highest BCUT2D eigenvalue weighted by molar-refractivity contribution is 7.80. The van der Waals surface area contributed by atoms with Crippen LogP contribution in [-0.2, 0) is 38.3 Å². The molecule has 0 spiro atoms. The first kappa shape index (κ1) is 59.6. The number of aliphatic hydroxyl groups excluding tert-OH is 3. The lowest BCUT2D eigenvalue weighted by molar-refractivity contribution is -0.301. The zero-order chi connectivity index (χ0) is 46.8. The molecule has 0 aromatic heterocycles. The summed E-state index contributed by atoms with van der Waals surface area (Å²) in [5.74, 6) is -0.411. The normalized spacial score (nSPS) is 20.4. The zero-order valence-corrected chi connectivity index (χ0v) is 40.4. The number of allylic oxidation sites excluding steroid dienone is 12. The standard InChI is InChI=1S/C51H88O12S/c1-3-5-7-9-11-13-15-17-19-20-21-22-23-24-25-26-27-28-30-32-34-36-38-40-47(53)61-45(43-59-41-39-37-35-33-31-29-18-16-14-12-10-8-6-4-2)44-60-51-49(55)50(63-64(56,57)58)48(54)46(42-52)62-51/h5,7-8,10-11,13-14,16-17,19,21-22,45-46,48-52,54-55H,3-4,6,9,12,15,18,20,23-44H2,1-2H3,(H,56,57,58)/b7-5-,10-8-,13-11-,16-14-,19-17-,22-21-. The third-order valence-corrected chi connectivity index (χ3v) is 11.3. The van der Waals surface area contributed by atoms with Gasteiger partial charge in [-0.1, -0.05) is 170 Å². The average molecular weight is 925 g/mol. The van der Waals surface area contributed by atoms with Crippen LogP contribution in [0.25, 0.3) is 0 Å². The topological polar surface area (TPSA) is 178 Å². The molecule has 1 rings (SSSR count). The Kier molecular flexibility index (Phi) is 39.0. The third-order valence-electron chi connectivity index (χ3n) is 10.8. The fraction of sp³-hybridized carbons (Fsp3) is 0.745. The summed E-state index contributed by atoms with van der Waals surface area (Å²) < 4.78 is 59.2. The predicted molar refractivity (Wildman–Crippen MR) is 257 cm³/mol.